The van der Waals surface area contributed by atoms with Crippen molar-refractivity contribution in [2.75, 3.05) is 5.32 Å². The lowest BCUT2D eigenvalue weighted by Gasteiger charge is -2.04. The quantitative estimate of drug-likeness (QED) is 0.666. The van der Waals surface area contributed by atoms with E-state index in [0.29, 0.717) is 10.2 Å². The molecule has 1 aromatic rings. The maximum atomic E-state index is 12.8. The minimum Gasteiger partial charge on any atom is -0.321 e. The van der Waals surface area contributed by atoms with Gasteiger partial charge in [-0.2, -0.15) is 0 Å². The predicted molar refractivity (Wildman–Crippen MR) is 66.7 cm³/mol. The molecule has 0 aliphatic rings. The minimum atomic E-state index is -0.352. The van der Waals surface area contributed by atoms with E-state index in [1.54, 1.807) is 12.2 Å². The maximum absolute atomic E-state index is 12.8. The molecule has 2 nitrogen and oxygen atoms in total. The summed E-state index contributed by atoms with van der Waals surface area (Å²) in [6.07, 6.45) is 6.60. The fourth-order valence-electron chi connectivity index (χ4n) is 1.02. The number of allylic oxidation sites excluding steroid dienone is 3. The molecule has 0 aromatic heterocycles. The highest BCUT2D eigenvalue weighted by Gasteiger charge is 2.03. The smallest absolute Gasteiger partial charge is 0.248 e. The van der Waals surface area contributed by atoms with Crippen LogP contribution in [0.25, 0.3) is 0 Å². The van der Waals surface area contributed by atoms with E-state index >= 15 is 0 Å². The lowest BCUT2D eigenvalue weighted by molar-refractivity contribution is -0.111. The number of carbonyl (C=O) groups is 1. The van der Waals surface area contributed by atoms with Gasteiger partial charge in [0.25, 0.3) is 0 Å². The highest BCUT2D eigenvalue weighted by atomic mass is 79.9. The zero-order chi connectivity index (χ0) is 12.0. The summed E-state index contributed by atoms with van der Waals surface area (Å²) in [5.41, 5.74) is 0.538. The Morgan fingerprint density at radius 1 is 1.44 bits per heavy atom. The summed E-state index contributed by atoms with van der Waals surface area (Å²) >= 11 is 3.16. The zero-order valence-corrected chi connectivity index (χ0v) is 10.3. The Bertz CT molecular complexity index is 441. The fraction of sp³-hybridized carbons (Fsp3) is 0.0833. The van der Waals surface area contributed by atoms with Crippen LogP contribution >= 0.6 is 15.9 Å². The average Bonchev–Trinajstić information content (AvgIpc) is 2.23. The van der Waals surface area contributed by atoms with Crippen molar-refractivity contribution in [1.29, 1.82) is 0 Å². The number of nitrogens with one attached hydrogen (secondary N) is 1. The molecule has 0 saturated heterocycles. The fourth-order valence-corrected chi connectivity index (χ4v) is 1.47. The number of halogens is 2. The molecule has 1 amide bonds. The van der Waals surface area contributed by atoms with Gasteiger partial charge in [-0.15, -0.1) is 0 Å². The second-order valence-corrected chi connectivity index (χ2v) is 3.85. The first kappa shape index (κ1) is 12.6. The highest BCUT2D eigenvalue weighted by Crippen LogP contribution is 2.22. The van der Waals surface area contributed by atoms with Crippen molar-refractivity contribution in [2.45, 2.75) is 6.92 Å². The van der Waals surface area contributed by atoms with E-state index in [-0.39, 0.29) is 11.7 Å². The summed E-state index contributed by atoms with van der Waals surface area (Å²) in [6, 6.07) is 4.09. The van der Waals surface area contributed by atoms with Crippen LogP contribution < -0.4 is 5.32 Å². The predicted octanol–water partition coefficient (Wildman–Crippen LogP) is 3.66. The minimum absolute atomic E-state index is 0.259. The number of anilines is 1. The van der Waals surface area contributed by atoms with E-state index < -0.39 is 0 Å². The second kappa shape index (κ2) is 6.23. The van der Waals surface area contributed by atoms with Crippen LogP contribution in [0, 0.1) is 5.82 Å². The Kier molecular flexibility index (Phi) is 4.92. The van der Waals surface area contributed by atoms with E-state index in [1.807, 2.05) is 13.0 Å². The summed E-state index contributed by atoms with van der Waals surface area (Å²) in [6.45, 7) is 1.86. The molecule has 4 heteroatoms. The van der Waals surface area contributed by atoms with Gasteiger partial charge >= 0.3 is 0 Å². The van der Waals surface area contributed by atoms with Gasteiger partial charge in [0.2, 0.25) is 5.91 Å². The Morgan fingerprint density at radius 3 is 2.81 bits per heavy atom. The maximum Gasteiger partial charge on any atom is 0.248 e. The summed E-state index contributed by atoms with van der Waals surface area (Å²) in [7, 11) is 0. The van der Waals surface area contributed by atoms with Gasteiger partial charge in [-0.3, -0.25) is 4.79 Å². The van der Waals surface area contributed by atoms with Crippen molar-refractivity contribution < 1.29 is 9.18 Å². The molecule has 0 aliphatic carbocycles. The number of hydrogen-bond donors (Lipinski definition) is 1. The largest absolute Gasteiger partial charge is 0.321 e. The van der Waals surface area contributed by atoms with E-state index in [0.717, 1.165) is 0 Å². The molecule has 1 aromatic carbocycles. The van der Waals surface area contributed by atoms with Crippen LogP contribution in [0.5, 0.6) is 0 Å². The van der Waals surface area contributed by atoms with Crippen molar-refractivity contribution in [3.8, 4) is 0 Å². The van der Waals surface area contributed by atoms with Gasteiger partial charge in [0.1, 0.15) is 5.82 Å². The molecule has 1 N–H and O–H groups in total. The molecule has 0 saturated carbocycles. The standard InChI is InChI=1S/C12H11BrFNO/c1-2-3-4-5-12(16)15-11-7-6-9(14)8-10(11)13/h2-8H,1H3,(H,15,16)/b3-2+,5-4+. The van der Waals surface area contributed by atoms with Gasteiger partial charge in [0.15, 0.2) is 0 Å². The molecule has 0 unspecified atom stereocenters. The second-order valence-electron chi connectivity index (χ2n) is 3.00. The molecule has 1 rings (SSSR count). The topological polar surface area (TPSA) is 29.1 Å². The SMILES string of the molecule is C/C=C/C=C/C(=O)Nc1ccc(F)cc1Br. The van der Waals surface area contributed by atoms with Crippen LogP contribution in [0.4, 0.5) is 10.1 Å². The van der Waals surface area contributed by atoms with Crippen LogP contribution in [0.1, 0.15) is 6.92 Å². The van der Waals surface area contributed by atoms with E-state index in [1.165, 1.54) is 24.3 Å². The molecule has 0 spiro atoms. The molecule has 0 fully saturated rings. The highest BCUT2D eigenvalue weighted by molar-refractivity contribution is 9.10. The Morgan fingerprint density at radius 2 is 2.19 bits per heavy atom. The van der Waals surface area contributed by atoms with E-state index in [2.05, 4.69) is 21.2 Å². The van der Waals surface area contributed by atoms with Gasteiger partial charge in [-0.05, 0) is 41.1 Å². The van der Waals surface area contributed by atoms with E-state index in [9.17, 15) is 9.18 Å². The number of rotatable bonds is 3. The van der Waals surface area contributed by atoms with Gasteiger partial charge in [-0.25, -0.2) is 4.39 Å². The van der Waals surface area contributed by atoms with Crippen molar-refractivity contribution in [3.63, 3.8) is 0 Å². The third-order valence-electron chi connectivity index (χ3n) is 1.74. The lowest BCUT2D eigenvalue weighted by Crippen LogP contribution is -2.08. The number of carbonyl (C=O) groups excluding carboxylic acids is 1. The first-order valence-electron chi connectivity index (χ1n) is 4.69. The van der Waals surface area contributed by atoms with Crippen LogP contribution in [-0.4, -0.2) is 5.91 Å². The molecular weight excluding hydrogens is 273 g/mol. The average molecular weight is 284 g/mol. The van der Waals surface area contributed by atoms with Crippen LogP contribution in [0.2, 0.25) is 0 Å². The number of amides is 1. The molecule has 0 bridgehead atoms. The van der Waals surface area contributed by atoms with E-state index in [4.69, 9.17) is 0 Å². The van der Waals surface area contributed by atoms with Crippen molar-refractivity contribution in [1.82, 2.24) is 0 Å². The van der Waals surface area contributed by atoms with Crippen molar-refractivity contribution in [3.05, 3.63) is 52.8 Å². The summed E-state index contributed by atoms with van der Waals surface area (Å²) in [5, 5.41) is 2.62. The first-order chi connectivity index (χ1) is 7.63. The number of benzene rings is 1. The molecule has 0 heterocycles. The molecule has 0 atom stereocenters. The third kappa shape index (κ3) is 3.98. The van der Waals surface area contributed by atoms with Crippen LogP contribution in [-0.2, 0) is 4.79 Å². The van der Waals surface area contributed by atoms with Gasteiger partial charge in [0, 0.05) is 10.5 Å². The molecule has 0 radical (unpaired) electrons. The summed E-state index contributed by atoms with van der Waals surface area (Å²) < 4.78 is 13.3. The normalized spacial score (nSPS) is 11.2. The molecule has 0 aliphatic heterocycles. The molecule has 16 heavy (non-hydrogen) atoms. The molecule has 84 valence electrons. The van der Waals surface area contributed by atoms with Crippen molar-refractivity contribution >= 4 is 27.5 Å². The van der Waals surface area contributed by atoms with Gasteiger partial charge < -0.3 is 5.32 Å². The Labute approximate surface area is 102 Å². The first-order valence-corrected chi connectivity index (χ1v) is 5.48. The van der Waals surface area contributed by atoms with Crippen molar-refractivity contribution in [2.24, 2.45) is 0 Å². The number of hydrogen-bond acceptors (Lipinski definition) is 1. The summed E-state index contributed by atoms with van der Waals surface area (Å²) in [4.78, 5) is 11.4. The monoisotopic (exact) mass is 283 g/mol. The lowest BCUT2D eigenvalue weighted by atomic mass is 10.3. The summed E-state index contributed by atoms with van der Waals surface area (Å²) in [5.74, 6) is -0.611. The zero-order valence-electron chi connectivity index (χ0n) is 8.71. The Hall–Kier alpha value is -1.42. The Balaban J connectivity index is 2.70. The van der Waals surface area contributed by atoms with Crippen LogP contribution in [0.3, 0.4) is 0 Å². The van der Waals surface area contributed by atoms with Gasteiger partial charge in [-0.1, -0.05) is 18.2 Å². The van der Waals surface area contributed by atoms with Gasteiger partial charge in [0.05, 0.1) is 5.69 Å². The van der Waals surface area contributed by atoms with Crippen LogP contribution in [0.15, 0.2) is 47.0 Å². The third-order valence-corrected chi connectivity index (χ3v) is 2.40. The molecular formula is C12H11BrFNO.